The topological polar surface area (TPSA) is 50.8 Å². The molecule has 0 aromatic heterocycles. The zero-order valence-corrected chi connectivity index (χ0v) is 12.8. The van der Waals surface area contributed by atoms with Crippen molar-refractivity contribution in [1.29, 1.82) is 0 Å². The molecular weight excluding hydrogens is 268 g/mol. The van der Waals surface area contributed by atoms with Crippen LogP contribution in [0.15, 0.2) is 18.2 Å². The van der Waals surface area contributed by atoms with Gasteiger partial charge in [0.05, 0.1) is 19.8 Å². The third-order valence-electron chi connectivity index (χ3n) is 4.83. The fourth-order valence-electron chi connectivity index (χ4n) is 3.65. The lowest BCUT2D eigenvalue weighted by Crippen LogP contribution is -2.38. The van der Waals surface area contributed by atoms with E-state index in [1.54, 1.807) is 14.2 Å². The second-order valence-electron chi connectivity index (χ2n) is 5.82. The Labute approximate surface area is 125 Å². The van der Waals surface area contributed by atoms with Crippen LogP contribution in [0, 0.1) is 11.8 Å². The molecule has 0 saturated carbocycles. The number of carbonyl (C=O) groups is 1. The highest BCUT2D eigenvalue weighted by Gasteiger charge is 2.44. The van der Waals surface area contributed by atoms with Crippen molar-refractivity contribution in [2.24, 2.45) is 11.8 Å². The van der Waals surface area contributed by atoms with Crippen molar-refractivity contribution in [3.05, 3.63) is 23.8 Å². The molecule has 0 aliphatic carbocycles. The van der Waals surface area contributed by atoms with Gasteiger partial charge in [0.15, 0.2) is 11.5 Å². The Morgan fingerprint density at radius 1 is 1.29 bits per heavy atom. The minimum absolute atomic E-state index is 0.0349. The summed E-state index contributed by atoms with van der Waals surface area (Å²) in [7, 11) is 3.15. The number of nitrogens with one attached hydrogen (secondary N) is 1. The average molecular weight is 290 g/mol. The number of carbonyl (C=O) groups excluding carboxylic acids is 1. The standard InChI is InChI=1S/C16H22N2O3/c1-10-13-8-17-7-11(13)9-18(10)16(19)12-5-4-6-14(20-2)15(12)21-3/h4-6,10-11,13,17H,7-9H2,1-3H3. The molecule has 2 aliphatic rings. The molecule has 1 aromatic rings. The number of fused-ring (bicyclic) bond motifs is 1. The predicted octanol–water partition coefficient (Wildman–Crippen LogP) is 1.38. The van der Waals surface area contributed by atoms with E-state index in [2.05, 4.69) is 12.2 Å². The van der Waals surface area contributed by atoms with E-state index in [9.17, 15) is 4.79 Å². The molecule has 1 amide bonds. The summed E-state index contributed by atoms with van der Waals surface area (Å²) >= 11 is 0. The van der Waals surface area contributed by atoms with Gasteiger partial charge in [-0.1, -0.05) is 6.07 Å². The monoisotopic (exact) mass is 290 g/mol. The van der Waals surface area contributed by atoms with Crippen LogP contribution in [0.2, 0.25) is 0 Å². The van der Waals surface area contributed by atoms with Crippen LogP contribution in [0.5, 0.6) is 11.5 Å². The van der Waals surface area contributed by atoms with Gasteiger partial charge in [-0.2, -0.15) is 0 Å². The van der Waals surface area contributed by atoms with Crippen LogP contribution in [0.4, 0.5) is 0 Å². The second-order valence-corrected chi connectivity index (χ2v) is 5.82. The van der Waals surface area contributed by atoms with Gasteiger partial charge in [-0.3, -0.25) is 4.79 Å². The first-order valence-electron chi connectivity index (χ1n) is 7.40. The van der Waals surface area contributed by atoms with Gasteiger partial charge in [0.25, 0.3) is 5.91 Å². The van der Waals surface area contributed by atoms with Crippen molar-refractivity contribution >= 4 is 5.91 Å². The lowest BCUT2D eigenvalue weighted by molar-refractivity contribution is 0.0724. The van der Waals surface area contributed by atoms with Gasteiger partial charge in [0.2, 0.25) is 0 Å². The van der Waals surface area contributed by atoms with Gasteiger partial charge in [-0.25, -0.2) is 0 Å². The Kier molecular flexibility index (Phi) is 3.76. The molecule has 0 radical (unpaired) electrons. The second kappa shape index (κ2) is 5.56. The zero-order chi connectivity index (χ0) is 15.0. The van der Waals surface area contributed by atoms with E-state index in [0.29, 0.717) is 28.9 Å². The summed E-state index contributed by atoms with van der Waals surface area (Å²) in [6.07, 6.45) is 0. The summed E-state index contributed by atoms with van der Waals surface area (Å²) in [5.41, 5.74) is 0.580. The van der Waals surface area contributed by atoms with E-state index in [-0.39, 0.29) is 11.9 Å². The Morgan fingerprint density at radius 2 is 2.10 bits per heavy atom. The first-order chi connectivity index (χ1) is 10.2. The molecular formula is C16H22N2O3. The van der Waals surface area contributed by atoms with Crippen LogP contribution in [0.25, 0.3) is 0 Å². The fraction of sp³-hybridized carbons (Fsp3) is 0.562. The lowest BCUT2D eigenvalue weighted by atomic mass is 9.95. The van der Waals surface area contributed by atoms with Gasteiger partial charge < -0.3 is 19.7 Å². The number of rotatable bonds is 3. The Morgan fingerprint density at radius 3 is 2.76 bits per heavy atom. The normalized spacial score (nSPS) is 27.6. The molecule has 2 fully saturated rings. The SMILES string of the molecule is COc1cccc(C(=O)N2CC3CNCC3C2C)c1OC. The Balaban J connectivity index is 1.89. The van der Waals surface area contributed by atoms with Crippen molar-refractivity contribution in [3.63, 3.8) is 0 Å². The highest BCUT2D eigenvalue weighted by Crippen LogP contribution is 2.36. The van der Waals surface area contributed by atoms with Crippen molar-refractivity contribution in [3.8, 4) is 11.5 Å². The Bertz CT molecular complexity index is 546. The van der Waals surface area contributed by atoms with E-state index in [1.807, 2.05) is 23.1 Å². The fourth-order valence-corrected chi connectivity index (χ4v) is 3.65. The molecule has 3 rings (SSSR count). The molecule has 0 spiro atoms. The van der Waals surface area contributed by atoms with Crippen LogP contribution in [-0.4, -0.2) is 50.7 Å². The molecule has 2 aliphatic heterocycles. The number of benzene rings is 1. The molecule has 5 nitrogen and oxygen atoms in total. The summed E-state index contributed by atoms with van der Waals surface area (Å²) in [5, 5.41) is 3.41. The van der Waals surface area contributed by atoms with Gasteiger partial charge in [0.1, 0.15) is 0 Å². The highest BCUT2D eigenvalue weighted by molar-refractivity contribution is 5.98. The molecule has 21 heavy (non-hydrogen) atoms. The predicted molar refractivity (Wildman–Crippen MR) is 79.9 cm³/mol. The summed E-state index contributed by atoms with van der Waals surface area (Å²) < 4.78 is 10.7. The largest absolute Gasteiger partial charge is 0.493 e. The van der Waals surface area contributed by atoms with E-state index < -0.39 is 0 Å². The minimum atomic E-state index is 0.0349. The summed E-state index contributed by atoms with van der Waals surface area (Å²) in [5.74, 6) is 2.28. The average Bonchev–Trinajstić information content (AvgIpc) is 3.09. The number of hydrogen-bond acceptors (Lipinski definition) is 4. The summed E-state index contributed by atoms with van der Waals surface area (Å²) in [6.45, 7) is 4.97. The zero-order valence-electron chi connectivity index (χ0n) is 12.8. The third kappa shape index (κ3) is 2.25. The minimum Gasteiger partial charge on any atom is -0.493 e. The van der Waals surface area contributed by atoms with Crippen LogP contribution >= 0.6 is 0 Å². The van der Waals surface area contributed by atoms with Crippen LogP contribution in [0.3, 0.4) is 0 Å². The molecule has 3 unspecified atom stereocenters. The molecule has 1 N–H and O–H groups in total. The highest BCUT2D eigenvalue weighted by atomic mass is 16.5. The third-order valence-corrected chi connectivity index (χ3v) is 4.83. The number of nitrogens with zero attached hydrogens (tertiary/aromatic N) is 1. The number of ether oxygens (including phenoxy) is 2. The first kappa shape index (κ1) is 14.2. The number of likely N-dealkylation sites (tertiary alicyclic amines) is 1. The van der Waals surface area contributed by atoms with E-state index >= 15 is 0 Å². The van der Waals surface area contributed by atoms with Crippen LogP contribution in [0.1, 0.15) is 17.3 Å². The molecule has 0 bridgehead atoms. The molecule has 2 saturated heterocycles. The maximum atomic E-state index is 12.9. The van der Waals surface area contributed by atoms with E-state index in [1.165, 1.54) is 0 Å². The Hall–Kier alpha value is -1.75. The molecule has 3 atom stereocenters. The number of methoxy groups -OCH3 is 2. The molecule has 114 valence electrons. The van der Waals surface area contributed by atoms with Gasteiger partial charge >= 0.3 is 0 Å². The van der Waals surface area contributed by atoms with Crippen LogP contribution in [-0.2, 0) is 0 Å². The quantitative estimate of drug-likeness (QED) is 0.914. The number of amides is 1. The first-order valence-corrected chi connectivity index (χ1v) is 7.40. The number of hydrogen-bond donors (Lipinski definition) is 1. The van der Waals surface area contributed by atoms with E-state index in [4.69, 9.17) is 9.47 Å². The van der Waals surface area contributed by atoms with Crippen molar-refractivity contribution in [2.45, 2.75) is 13.0 Å². The maximum absolute atomic E-state index is 12.9. The maximum Gasteiger partial charge on any atom is 0.258 e. The molecule has 5 heteroatoms. The van der Waals surface area contributed by atoms with Crippen molar-refractivity contribution in [1.82, 2.24) is 10.2 Å². The van der Waals surface area contributed by atoms with Gasteiger partial charge in [0, 0.05) is 25.7 Å². The number of para-hydroxylation sites is 1. The van der Waals surface area contributed by atoms with Crippen LogP contribution < -0.4 is 14.8 Å². The van der Waals surface area contributed by atoms with Gasteiger partial charge in [-0.15, -0.1) is 0 Å². The smallest absolute Gasteiger partial charge is 0.258 e. The van der Waals surface area contributed by atoms with Gasteiger partial charge in [-0.05, 0) is 30.9 Å². The van der Waals surface area contributed by atoms with Crippen molar-refractivity contribution in [2.75, 3.05) is 33.9 Å². The van der Waals surface area contributed by atoms with E-state index in [0.717, 1.165) is 19.6 Å². The molecule has 2 heterocycles. The molecule has 1 aromatic carbocycles. The summed E-state index contributed by atoms with van der Waals surface area (Å²) in [6, 6.07) is 5.70. The lowest BCUT2D eigenvalue weighted by Gasteiger charge is -2.25. The van der Waals surface area contributed by atoms with Crippen molar-refractivity contribution < 1.29 is 14.3 Å². The summed E-state index contributed by atoms with van der Waals surface area (Å²) in [4.78, 5) is 14.9.